The van der Waals surface area contributed by atoms with Gasteiger partial charge in [0.05, 0.1) is 0 Å². The highest BCUT2D eigenvalue weighted by Crippen LogP contribution is 2.21. The standard InChI is InChI=1S/C27H36N2O3/c1-19-10-8-12-23(16-19)17-29(22(4)27(31)28-24-13-6-5-7-14-24)26(30)18-32-25-15-9-11-20(2)21(25)3/h8-12,15-16,22,24H,5-7,13-14,17-18H2,1-4H3,(H,28,31)/t22-/m0/s1. The number of carbonyl (C=O) groups excluding carboxylic acids is 2. The van der Waals surface area contributed by atoms with Crippen LogP contribution in [0.4, 0.5) is 0 Å². The zero-order valence-electron chi connectivity index (χ0n) is 19.8. The Bertz CT molecular complexity index is 934. The van der Waals surface area contributed by atoms with E-state index in [1.165, 1.54) is 6.42 Å². The van der Waals surface area contributed by atoms with Crippen LogP contribution in [0.5, 0.6) is 5.75 Å². The molecule has 0 heterocycles. The molecule has 0 radical (unpaired) electrons. The third kappa shape index (κ3) is 6.35. The molecule has 1 aliphatic rings. The predicted molar refractivity (Wildman–Crippen MR) is 128 cm³/mol. The summed E-state index contributed by atoms with van der Waals surface area (Å²) in [5.41, 5.74) is 4.27. The second kappa shape index (κ2) is 11.2. The molecule has 32 heavy (non-hydrogen) atoms. The van der Waals surface area contributed by atoms with Crippen LogP contribution in [0.25, 0.3) is 0 Å². The third-order valence-corrected chi connectivity index (χ3v) is 6.46. The number of rotatable bonds is 8. The van der Waals surface area contributed by atoms with Gasteiger partial charge in [-0.2, -0.15) is 0 Å². The largest absolute Gasteiger partial charge is 0.483 e. The van der Waals surface area contributed by atoms with Crippen LogP contribution < -0.4 is 10.1 Å². The Morgan fingerprint density at radius 3 is 2.50 bits per heavy atom. The molecule has 2 aromatic rings. The highest BCUT2D eigenvalue weighted by Gasteiger charge is 2.28. The Hall–Kier alpha value is -2.82. The molecule has 0 bridgehead atoms. The fourth-order valence-electron chi connectivity index (χ4n) is 4.26. The fourth-order valence-corrected chi connectivity index (χ4v) is 4.26. The minimum atomic E-state index is -0.577. The SMILES string of the molecule is Cc1cccc(CN(C(=O)COc2cccc(C)c2C)[C@@H](C)C(=O)NC2CCCCC2)c1. The van der Waals surface area contributed by atoms with Gasteiger partial charge in [0.2, 0.25) is 5.91 Å². The second-order valence-electron chi connectivity index (χ2n) is 9.02. The van der Waals surface area contributed by atoms with Crippen LogP contribution in [0.1, 0.15) is 61.3 Å². The quantitative estimate of drug-likeness (QED) is 0.643. The zero-order valence-corrected chi connectivity index (χ0v) is 19.8. The van der Waals surface area contributed by atoms with Crippen LogP contribution in [0, 0.1) is 20.8 Å². The summed E-state index contributed by atoms with van der Waals surface area (Å²) in [6.07, 6.45) is 5.56. The van der Waals surface area contributed by atoms with Crippen LogP contribution in [0.15, 0.2) is 42.5 Å². The van der Waals surface area contributed by atoms with Crippen molar-refractivity contribution < 1.29 is 14.3 Å². The molecule has 1 aliphatic carbocycles. The average molecular weight is 437 g/mol. The van der Waals surface area contributed by atoms with E-state index in [4.69, 9.17) is 4.74 Å². The molecule has 3 rings (SSSR count). The van der Waals surface area contributed by atoms with Gasteiger partial charge in [-0.15, -0.1) is 0 Å². The first-order valence-electron chi connectivity index (χ1n) is 11.7. The maximum Gasteiger partial charge on any atom is 0.261 e. The molecule has 0 unspecified atom stereocenters. The third-order valence-electron chi connectivity index (χ3n) is 6.46. The van der Waals surface area contributed by atoms with Crippen LogP contribution in [0.3, 0.4) is 0 Å². The minimum Gasteiger partial charge on any atom is -0.483 e. The van der Waals surface area contributed by atoms with Crippen molar-refractivity contribution in [2.45, 2.75) is 78.4 Å². The number of nitrogens with zero attached hydrogens (tertiary/aromatic N) is 1. The molecule has 1 atom stereocenters. The number of hydrogen-bond donors (Lipinski definition) is 1. The second-order valence-corrected chi connectivity index (χ2v) is 9.02. The van der Waals surface area contributed by atoms with Gasteiger partial charge in [-0.3, -0.25) is 9.59 Å². The molecule has 2 aromatic carbocycles. The van der Waals surface area contributed by atoms with Gasteiger partial charge >= 0.3 is 0 Å². The number of amides is 2. The molecule has 0 aliphatic heterocycles. The molecule has 1 fully saturated rings. The van der Waals surface area contributed by atoms with Gasteiger partial charge in [0.15, 0.2) is 6.61 Å². The van der Waals surface area contributed by atoms with Gasteiger partial charge in [-0.1, -0.05) is 61.2 Å². The number of hydrogen-bond acceptors (Lipinski definition) is 3. The first-order chi connectivity index (χ1) is 15.3. The topological polar surface area (TPSA) is 58.6 Å². The molecule has 1 N–H and O–H groups in total. The molecule has 2 amide bonds. The fraction of sp³-hybridized carbons (Fsp3) is 0.481. The Balaban J connectivity index is 1.73. The summed E-state index contributed by atoms with van der Waals surface area (Å²) in [5.74, 6) is 0.413. The van der Waals surface area contributed by atoms with Gasteiger partial charge < -0.3 is 15.0 Å². The molecular formula is C27H36N2O3. The molecule has 5 heteroatoms. The predicted octanol–water partition coefficient (Wildman–Crippen LogP) is 4.86. The number of carbonyl (C=O) groups is 2. The van der Waals surface area contributed by atoms with Gasteiger partial charge in [-0.25, -0.2) is 0 Å². The van der Waals surface area contributed by atoms with Crippen molar-refractivity contribution in [3.63, 3.8) is 0 Å². The highest BCUT2D eigenvalue weighted by atomic mass is 16.5. The van der Waals surface area contributed by atoms with Gasteiger partial charge in [-0.05, 0) is 63.3 Å². The summed E-state index contributed by atoms with van der Waals surface area (Å²) in [4.78, 5) is 27.9. The number of aryl methyl sites for hydroxylation is 2. The summed E-state index contributed by atoms with van der Waals surface area (Å²) >= 11 is 0. The van der Waals surface area contributed by atoms with E-state index < -0.39 is 6.04 Å². The average Bonchev–Trinajstić information content (AvgIpc) is 2.78. The molecule has 0 spiro atoms. The smallest absolute Gasteiger partial charge is 0.261 e. The van der Waals surface area contributed by atoms with E-state index in [0.29, 0.717) is 12.3 Å². The Morgan fingerprint density at radius 1 is 1.06 bits per heavy atom. The Kier molecular flexibility index (Phi) is 8.32. The lowest BCUT2D eigenvalue weighted by molar-refractivity contribution is -0.142. The Labute approximate surface area is 192 Å². The summed E-state index contributed by atoms with van der Waals surface area (Å²) in [6.45, 7) is 8.11. The van der Waals surface area contributed by atoms with Crippen LogP contribution in [-0.2, 0) is 16.1 Å². The molecule has 0 saturated heterocycles. The molecule has 172 valence electrons. The van der Waals surface area contributed by atoms with Crippen molar-refractivity contribution in [1.82, 2.24) is 10.2 Å². The van der Waals surface area contributed by atoms with E-state index in [0.717, 1.165) is 47.9 Å². The lowest BCUT2D eigenvalue weighted by Crippen LogP contribution is -2.51. The van der Waals surface area contributed by atoms with E-state index in [-0.39, 0.29) is 24.5 Å². The normalized spacial score (nSPS) is 15.1. The monoisotopic (exact) mass is 436 g/mol. The van der Waals surface area contributed by atoms with E-state index >= 15 is 0 Å². The molecular weight excluding hydrogens is 400 g/mol. The van der Waals surface area contributed by atoms with Crippen molar-refractivity contribution in [3.8, 4) is 5.75 Å². The summed E-state index contributed by atoms with van der Waals surface area (Å²) in [7, 11) is 0. The van der Waals surface area contributed by atoms with Gasteiger partial charge in [0.1, 0.15) is 11.8 Å². The molecule has 5 nitrogen and oxygen atoms in total. The maximum atomic E-state index is 13.3. The van der Waals surface area contributed by atoms with Gasteiger partial charge in [0.25, 0.3) is 5.91 Å². The lowest BCUT2D eigenvalue weighted by Gasteiger charge is -2.31. The van der Waals surface area contributed by atoms with Crippen molar-refractivity contribution in [3.05, 3.63) is 64.7 Å². The molecule has 0 aromatic heterocycles. The van der Waals surface area contributed by atoms with E-state index in [2.05, 4.69) is 11.4 Å². The van der Waals surface area contributed by atoms with E-state index in [1.807, 2.05) is 64.1 Å². The van der Waals surface area contributed by atoms with Crippen LogP contribution >= 0.6 is 0 Å². The first-order valence-corrected chi connectivity index (χ1v) is 11.7. The number of nitrogens with one attached hydrogen (secondary N) is 1. The lowest BCUT2D eigenvalue weighted by atomic mass is 9.95. The van der Waals surface area contributed by atoms with E-state index in [1.54, 1.807) is 4.90 Å². The number of benzene rings is 2. The van der Waals surface area contributed by atoms with Crippen LogP contribution in [-0.4, -0.2) is 35.4 Å². The van der Waals surface area contributed by atoms with Crippen molar-refractivity contribution in [2.24, 2.45) is 0 Å². The zero-order chi connectivity index (χ0) is 23.1. The first kappa shape index (κ1) is 23.8. The number of ether oxygens (including phenoxy) is 1. The summed E-state index contributed by atoms with van der Waals surface area (Å²) < 4.78 is 5.88. The highest BCUT2D eigenvalue weighted by molar-refractivity contribution is 5.88. The van der Waals surface area contributed by atoms with Crippen molar-refractivity contribution in [1.29, 1.82) is 0 Å². The maximum absolute atomic E-state index is 13.3. The van der Waals surface area contributed by atoms with E-state index in [9.17, 15) is 9.59 Å². The van der Waals surface area contributed by atoms with Crippen molar-refractivity contribution >= 4 is 11.8 Å². The summed E-state index contributed by atoms with van der Waals surface area (Å²) in [5, 5.41) is 3.17. The van der Waals surface area contributed by atoms with Crippen molar-refractivity contribution in [2.75, 3.05) is 6.61 Å². The van der Waals surface area contributed by atoms with Gasteiger partial charge in [0, 0.05) is 12.6 Å². The van der Waals surface area contributed by atoms with Crippen LogP contribution in [0.2, 0.25) is 0 Å². The molecule has 1 saturated carbocycles. The Morgan fingerprint density at radius 2 is 1.78 bits per heavy atom. The summed E-state index contributed by atoms with van der Waals surface area (Å²) in [6, 6.07) is 13.5. The minimum absolute atomic E-state index is 0.0929.